The number of nitrogens with zero attached hydrogens (tertiary/aromatic N) is 1. The number of aliphatic hydroxyl groups is 2. The molecule has 1 amide bonds. The van der Waals surface area contributed by atoms with Crippen molar-refractivity contribution in [3.05, 3.63) is 147 Å². The van der Waals surface area contributed by atoms with Gasteiger partial charge in [-0.15, -0.1) is 0 Å². The van der Waals surface area contributed by atoms with Crippen molar-refractivity contribution >= 4 is 22.8 Å². The normalized spacial score (nSPS) is 15.4. The lowest BCUT2D eigenvalue weighted by Crippen LogP contribution is -2.41. The standard InChI is InChI=1S/C43H48N4O7/c48-37-18-16-35(36-17-19-39(50)46-40(36)37)38(49)27-44-22-7-8-23-45-41(51)32-12-9-15-34(26-32)43(53,33-13-5-2-6-14-33)42(52)54-29-31-20-24-47(25-21-31)28-30-10-3-1-4-11-30/h1-6,9-19,26,31,38,44,48-49,53H,7-8,20-25,27-29H2,(H,45,51)(H,46,50). The summed E-state index contributed by atoms with van der Waals surface area (Å²) in [6.07, 6.45) is 2.31. The molecule has 0 radical (unpaired) electrons. The zero-order valence-electron chi connectivity index (χ0n) is 30.2. The number of benzene rings is 4. The highest BCUT2D eigenvalue weighted by Crippen LogP contribution is 2.33. The predicted molar refractivity (Wildman–Crippen MR) is 207 cm³/mol. The van der Waals surface area contributed by atoms with Gasteiger partial charge in [0.15, 0.2) is 0 Å². The van der Waals surface area contributed by atoms with E-state index in [-0.39, 0.29) is 47.4 Å². The van der Waals surface area contributed by atoms with Crippen LogP contribution in [0.1, 0.15) is 64.4 Å². The molecule has 2 heterocycles. The lowest BCUT2D eigenvalue weighted by atomic mass is 9.85. The van der Waals surface area contributed by atoms with E-state index in [1.807, 2.05) is 24.3 Å². The zero-order chi connectivity index (χ0) is 37.9. The van der Waals surface area contributed by atoms with E-state index < -0.39 is 17.7 Å². The molecule has 1 aliphatic rings. The minimum Gasteiger partial charge on any atom is -0.506 e. The number of amides is 1. The van der Waals surface area contributed by atoms with E-state index in [0.717, 1.165) is 38.9 Å². The summed E-state index contributed by atoms with van der Waals surface area (Å²) in [6.45, 7) is 4.16. The van der Waals surface area contributed by atoms with Crippen molar-refractivity contribution in [1.29, 1.82) is 0 Å². The predicted octanol–water partition coefficient (Wildman–Crippen LogP) is 4.76. The minimum absolute atomic E-state index is 0.0633. The Balaban J connectivity index is 0.985. The number of H-pyrrole nitrogens is 1. The second-order valence-electron chi connectivity index (χ2n) is 13.9. The van der Waals surface area contributed by atoms with Crippen molar-refractivity contribution < 1.29 is 29.6 Å². The van der Waals surface area contributed by atoms with Gasteiger partial charge in [-0.3, -0.25) is 14.5 Å². The van der Waals surface area contributed by atoms with E-state index >= 15 is 0 Å². The van der Waals surface area contributed by atoms with E-state index in [1.165, 1.54) is 23.8 Å². The number of carbonyl (C=O) groups is 2. The molecule has 0 bridgehead atoms. The first-order valence-electron chi connectivity index (χ1n) is 18.6. The number of hydrogen-bond donors (Lipinski definition) is 6. The molecule has 1 saturated heterocycles. The largest absolute Gasteiger partial charge is 0.506 e. The van der Waals surface area contributed by atoms with Gasteiger partial charge in [0.1, 0.15) is 5.75 Å². The number of unbranched alkanes of at least 4 members (excludes halogenated alkanes) is 1. The third-order valence-electron chi connectivity index (χ3n) is 10.1. The van der Waals surface area contributed by atoms with Gasteiger partial charge in [-0.2, -0.15) is 0 Å². The van der Waals surface area contributed by atoms with Crippen LogP contribution in [0.3, 0.4) is 0 Å². The molecule has 5 aromatic rings. The maximum Gasteiger partial charge on any atom is 0.347 e. The zero-order valence-corrected chi connectivity index (χ0v) is 30.2. The molecule has 2 atom stereocenters. The van der Waals surface area contributed by atoms with Gasteiger partial charge in [-0.1, -0.05) is 78.9 Å². The number of aliphatic hydroxyl groups excluding tert-OH is 1. The highest BCUT2D eigenvalue weighted by Gasteiger charge is 2.42. The molecule has 1 fully saturated rings. The Labute approximate surface area is 314 Å². The lowest BCUT2D eigenvalue weighted by Gasteiger charge is -2.33. The Morgan fingerprint density at radius 2 is 1.57 bits per heavy atom. The number of carbonyl (C=O) groups excluding carboxylic acids is 2. The SMILES string of the molecule is O=C(NCCCCNCC(O)c1ccc(O)c2[nH]c(=O)ccc12)c1cccc(C(O)(C(=O)OCC2CCN(Cc3ccccc3)CC2)c2ccccc2)c1. The highest BCUT2D eigenvalue weighted by atomic mass is 16.5. The van der Waals surface area contributed by atoms with Gasteiger partial charge >= 0.3 is 5.97 Å². The number of fused-ring (bicyclic) bond motifs is 1. The third-order valence-corrected chi connectivity index (χ3v) is 10.1. The quantitative estimate of drug-likeness (QED) is 0.0621. The Hall–Kier alpha value is -5.33. The van der Waals surface area contributed by atoms with Crippen LogP contribution >= 0.6 is 0 Å². The molecule has 0 aliphatic carbocycles. The first-order valence-corrected chi connectivity index (χ1v) is 18.6. The fourth-order valence-corrected chi connectivity index (χ4v) is 7.00. The van der Waals surface area contributed by atoms with Crippen molar-refractivity contribution in [2.45, 2.75) is 43.9 Å². The smallest absolute Gasteiger partial charge is 0.347 e. The van der Waals surface area contributed by atoms with E-state index in [2.05, 4.69) is 32.7 Å². The summed E-state index contributed by atoms with van der Waals surface area (Å²) in [5.41, 5.74) is 0.616. The Bertz CT molecular complexity index is 2070. The highest BCUT2D eigenvalue weighted by molar-refractivity contribution is 5.95. The number of ether oxygens (including phenoxy) is 1. The number of phenols is 1. The number of hydrogen-bond acceptors (Lipinski definition) is 9. The monoisotopic (exact) mass is 732 g/mol. The second kappa shape index (κ2) is 18.1. The summed E-state index contributed by atoms with van der Waals surface area (Å²) >= 11 is 0. The molecular formula is C43H48N4O7. The van der Waals surface area contributed by atoms with Gasteiger partial charge in [0.05, 0.1) is 18.2 Å². The number of piperidine rings is 1. The summed E-state index contributed by atoms with van der Waals surface area (Å²) in [6, 6.07) is 31.5. The summed E-state index contributed by atoms with van der Waals surface area (Å²) in [7, 11) is 0. The maximum atomic E-state index is 13.8. The number of aromatic nitrogens is 1. The van der Waals surface area contributed by atoms with Crippen molar-refractivity contribution in [3.63, 3.8) is 0 Å². The van der Waals surface area contributed by atoms with Gasteiger partial charge in [0, 0.05) is 42.2 Å². The van der Waals surface area contributed by atoms with E-state index in [9.17, 15) is 29.7 Å². The molecule has 6 rings (SSSR count). The Morgan fingerprint density at radius 1 is 0.870 bits per heavy atom. The molecule has 0 saturated carbocycles. The number of pyridine rings is 1. The number of rotatable bonds is 16. The second-order valence-corrected chi connectivity index (χ2v) is 13.9. The van der Waals surface area contributed by atoms with Crippen LogP contribution in [-0.2, 0) is 21.7 Å². The van der Waals surface area contributed by atoms with Crippen LogP contribution in [0.25, 0.3) is 10.9 Å². The average molecular weight is 733 g/mol. The fourth-order valence-electron chi connectivity index (χ4n) is 7.00. The Kier molecular flexibility index (Phi) is 12.9. The van der Waals surface area contributed by atoms with Crippen LogP contribution in [0.5, 0.6) is 5.75 Å². The number of aromatic hydroxyl groups is 1. The van der Waals surface area contributed by atoms with Crippen molar-refractivity contribution in [2.75, 3.05) is 39.3 Å². The maximum absolute atomic E-state index is 13.8. The number of likely N-dealkylation sites (tertiary alicyclic amines) is 1. The molecule has 11 heteroatoms. The molecule has 4 aromatic carbocycles. The van der Waals surface area contributed by atoms with Crippen LogP contribution in [-0.4, -0.2) is 76.4 Å². The minimum atomic E-state index is -2.11. The van der Waals surface area contributed by atoms with E-state index in [0.29, 0.717) is 41.6 Å². The summed E-state index contributed by atoms with van der Waals surface area (Å²) in [5.74, 6) is -0.981. The molecule has 282 valence electrons. The molecule has 1 aromatic heterocycles. The van der Waals surface area contributed by atoms with Gasteiger partial charge in [-0.25, -0.2) is 4.79 Å². The van der Waals surface area contributed by atoms with Gasteiger partial charge < -0.3 is 35.7 Å². The summed E-state index contributed by atoms with van der Waals surface area (Å²) in [4.78, 5) is 43.7. The molecule has 2 unspecified atom stereocenters. The summed E-state index contributed by atoms with van der Waals surface area (Å²) < 4.78 is 5.84. The van der Waals surface area contributed by atoms with Crippen LogP contribution in [0.15, 0.2) is 114 Å². The molecule has 6 N–H and O–H groups in total. The topological polar surface area (TPSA) is 164 Å². The molecule has 11 nitrogen and oxygen atoms in total. The Morgan fingerprint density at radius 3 is 2.33 bits per heavy atom. The van der Waals surface area contributed by atoms with Crippen LogP contribution in [0.4, 0.5) is 0 Å². The van der Waals surface area contributed by atoms with Gasteiger partial charge in [-0.05, 0) is 92.2 Å². The molecule has 1 aliphatic heterocycles. The van der Waals surface area contributed by atoms with Crippen molar-refractivity contribution in [3.8, 4) is 5.75 Å². The lowest BCUT2D eigenvalue weighted by molar-refractivity contribution is -0.164. The number of esters is 1. The first-order chi connectivity index (χ1) is 26.2. The van der Waals surface area contributed by atoms with Gasteiger partial charge in [0.2, 0.25) is 11.2 Å². The van der Waals surface area contributed by atoms with E-state index in [4.69, 9.17) is 4.74 Å². The van der Waals surface area contributed by atoms with Crippen molar-refractivity contribution in [2.24, 2.45) is 5.92 Å². The fraction of sp³-hybridized carbons (Fsp3) is 0.326. The van der Waals surface area contributed by atoms with Crippen LogP contribution < -0.4 is 16.2 Å². The number of phenolic OH excluding ortho intramolecular Hbond substituents is 1. The number of nitrogens with one attached hydrogen (secondary N) is 3. The van der Waals surface area contributed by atoms with Crippen molar-refractivity contribution in [1.82, 2.24) is 20.5 Å². The third kappa shape index (κ3) is 9.42. The van der Waals surface area contributed by atoms with Gasteiger partial charge in [0.25, 0.3) is 5.91 Å². The molecule has 0 spiro atoms. The average Bonchev–Trinajstić information content (AvgIpc) is 3.20. The summed E-state index contributed by atoms with van der Waals surface area (Å²) in [5, 5.41) is 39.7. The molecular weight excluding hydrogens is 684 g/mol. The number of aromatic amines is 1. The molecule has 54 heavy (non-hydrogen) atoms. The van der Waals surface area contributed by atoms with Crippen LogP contribution in [0.2, 0.25) is 0 Å². The van der Waals surface area contributed by atoms with Crippen LogP contribution in [0, 0.1) is 5.92 Å². The first kappa shape index (κ1) is 38.4. The van der Waals surface area contributed by atoms with E-state index in [1.54, 1.807) is 54.6 Å².